The van der Waals surface area contributed by atoms with E-state index in [1.54, 1.807) is 0 Å². The molecule has 1 aromatic heterocycles. The van der Waals surface area contributed by atoms with Crippen LogP contribution >= 0.6 is 0 Å². The van der Waals surface area contributed by atoms with Gasteiger partial charge in [0.2, 0.25) is 0 Å². The number of nitrogens with zero attached hydrogens (tertiary/aromatic N) is 1. The summed E-state index contributed by atoms with van der Waals surface area (Å²) in [5, 5.41) is 0. The van der Waals surface area contributed by atoms with E-state index in [1.165, 1.54) is 29.7 Å². The van der Waals surface area contributed by atoms with Crippen LogP contribution in [0.15, 0.2) is 12.3 Å². The minimum absolute atomic E-state index is 0.227. The molecule has 76 valence electrons. The molecule has 1 aromatic rings. The van der Waals surface area contributed by atoms with Crippen LogP contribution in [0.2, 0.25) is 0 Å². The van der Waals surface area contributed by atoms with Crippen molar-refractivity contribution in [2.75, 3.05) is 0 Å². The van der Waals surface area contributed by atoms with Gasteiger partial charge in [0.05, 0.1) is 0 Å². The normalized spacial score (nSPS) is 17.1. The number of aryl methyl sites for hydroxylation is 1. The van der Waals surface area contributed by atoms with E-state index in [9.17, 15) is 0 Å². The van der Waals surface area contributed by atoms with Gasteiger partial charge in [0.25, 0.3) is 0 Å². The van der Waals surface area contributed by atoms with Gasteiger partial charge >= 0.3 is 0 Å². The van der Waals surface area contributed by atoms with Crippen molar-refractivity contribution in [3.05, 3.63) is 29.1 Å². The van der Waals surface area contributed by atoms with Gasteiger partial charge in [0, 0.05) is 11.9 Å². The molecule has 0 unspecified atom stereocenters. The zero-order valence-corrected chi connectivity index (χ0v) is 9.59. The minimum Gasteiger partial charge on any atom is -0.261 e. The topological polar surface area (TPSA) is 12.9 Å². The van der Waals surface area contributed by atoms with Gasteiger partial charge < -0.3 is 0 Å². The van der Waals surface area contributed by atoms with Gasteiger partial charge in [0.1, 0.15) is 0 Å². The monoisotopic (exact) mass is 189 g/mol. The summed E-state index contributed by atoms with van der Waals surface area (Å²) in [5.41, 5.74) is 4.30. The van der Waals surface area contributed by atoms with Crippen molar-refractivity contribution in [2.45, 2.75) is 51.9 Å². The van der Waals surface area contributed by atoms with E-state index in [0.717, 1.165) is 5.92 Å². The van der Waals surface area contributed by atoms with Crippen LogP contribution in [0.1, 0.15) is 56.4 Å². The standard InChI is InChI=1S/C13H19N/c1-9-12(10-5-6-10)7-11(8-14-9)13(2,3)4/h7-8,10H,5-6H2,1-4H3. The molecule has 1 heteroatoms. The first-order valence-electron chi connectivity index (χ1n) is 5.45. The molecule has 0 radical (unpaired) electrons. The Morgan fingerprint density at radius 3 is 2.43 bits per heavy atom. The van der Waals surface area contributed by atoms with Gasteiger partial charge in [-0.15, -0.1) is 0 Å². The van der Waals surface area contributed by atoms with Crippen molar-refractivity contribution in [1.29, 1.82) is 0 Å². The van der Waals surface area contributed by atoms with Crippen LogP contribution in [-0.4, -0.2) is 4.98 Å². The fourth-order valence-electron chi connectivity index (χ4n) is 1.77. The van der Waals surface area contributed by atoms with Crippen molar-refractivity contribution >= 4 is 0 Å². The van der Waals surface area contributed by atoms with Crippen molar-refractivity contribution < 1.29 is 0 Å². The van der Waals surface area contributed by atoms with Gasteiger partial charge in [0.15, 0.2) is 0 Å². The van der Waals surface area contributed by atoms with Crippen LogP contribution in [0, 0.1) is 6.92 Å². The first kappa shape index (κ1) is 9.70. The van der Waals surface area contributed by atoms with Gasteiger partial charge in [-0.2, -0.15) is 0 Å². The summed E-state index contributed by atoms with van der Waals surface area (Å²) in [6.07, 6.45) is 4.74. The lowest BCUT2D eigenvalue weighted by molar-refractivity contribution is 0.585. The number of hydrogen-bond acceptors (Lipinski definition) is 1. The lowest BCUT2D eigenvalue weighted by Gasteiger charge is -2.20. The third kappa shape index (κ3) is 1.82. The van der Waals surface area contributed by atoms with Gasteiger partial charge in [-0.25, -0.2) is 0 Å². The molecule has 1 fully saturated rings. The first-order valence-corrected chi connectivity index (χ1v) is 5.45. The Bertz CT molecular complexity index is 343. The number of pyridine rings is 1. The molecule has 1 heterocycles. The van der Waals surface area contributed by atoms with Crippen LogP contribution in [0.25, 0.3) is 0 Å². The summed E-state index contributed by atoms with van der Waals surface area (Å²) in [4.78, 5) is 4.51. The predicted octanol–water partition coefficient (Wildman–Crippen LogP) is 3.56. The predicted molar refractivity (Wildman–Crippen MR) is 59.6 cm³/mol. The molecule has 0 amide bonds. The van der Waals surface area contributed by atoms with E-state index in [-0.39, 0.29) is 5.41 Å². The van der Waals surface area contributed by atoms with Crippen LogP contribution in [-0.2, 0) is 5.41 Å². The highest BCUT2D eigenvalue weighted by Gasteiger charge is 2.27. The molecule has 0 bridgehead atoms. The van der Waals surface area contributed by atoms with E-state index in [1.807, 2.05) is 6.20 Å². The highest BCUT2D eigenvalue weighted by molar-refractivity contribution is 5.33. The molecule has 1 aliphatic rings. The van der Waals surface area contributed by atoms with E-state index < -0.39 is 0 Å². The molecule has 0 atom stereocenters. The molecule has 0 saturated heterocycles. The van der Waals surface area contributed by atoms with Crippen LogP contribution in [0.3, 0.4) is 0 Å². The first-order chi connectivity index (χ1) is 6.48. The average molecular weight is 189 g/mol. The summed E-state index contributed by atoms with van der Waals surface area (Å²) < 4.78 is 0. The smallest absolute Gasteiger partial charge is 0.0407 e. The molecular weight excluding hydrogens is 170 g/mol. The van der Waals surface area contributed by atoms with Gasteiger partial charge in [-0.05, 0) is 42.2 Å². The third-order valence-corrected chi connectivity index (χ3v) is 3.01. The molecule has 1 saturated carbocycles. The van der Waals surface area contributed by atoms with Crippen molar-refractivity contribution in [2.24, 2.45) is 0 Å². The molecule has 0 spiro atoms. The molecule has 1 aliphatic carbocycles. The minimum atomic E-state index is 0.227. The van der Waals surface area contributed by atoms with Crippen molar-refractivity contribution in [1.82, 2.24) is 4.98 Å². The van der Waals surface area contributed by atoms with Crippen LogP contribution in [0.5, 0.6) is 0 Å². The Kier molecular flexibility index (Phi) is 2.13. The maximum Gasteiger partial charge on any atom is 0.0407 e. The average Bonchev–Trinajstić information content (AvgIpc) is 2.85. The highest BCUT2D eigenvalue weighted by atomic mass is 14.7. The molecule has 1 nitrogen and oxygen atoms in total. The summed E-state index contributed by atoms with van der Waals surface area (Å²) in [6.45, 7) is 8.86. The SMILES string of the molecule is Cc1ncc(C(C)(C)C)cc1C1CC1. The van der Waals surface area contributed by atoms with Crippen molar-refractivity contribution in [3.63, 3.8) is 0 Å². The Hall–Kier alpha value is -0.850. The molecule has 0 N–H and O–H groups in total. The maximum atomic E-state index is 4.51. The molecule has 2 rings (SSSR count). The zero-order chi connectivity index (χ0) is 10.3. The third-order valence-electron chi connectivity index (χ3n) is 3.01. The number of aromatic nitrogens is 1. The van der Waals surface area contributed by atoms with E-state index >= 15 is 0 Å². The molecule has 0 aliphatic heterocycles. The second-order valence-corrected chi connectivity index (χ2v) is 5.42. The van der Waals surface area contributed by atoms with Crippen molar-refractivity contribution in [3.8, 4) is 0 Å². The number of hydrogen-bond donors (Lipinski definition) is 0. The second-order valence-electron chi connectivity index (χ2n) is 5.42. The van der Waals surface area contributed by atoms with Crippen LogP contribution < -0.4 is 0 Å². The Labute approximate surface area is 86.6 Å². The summed E-state index contributed by atoms with van der Waals surface area (Å²) in [7, 11) is 0. The lowest BCUT2D eigenvalue weighted by atomic mass is 9.87. The van der Waals surface area contributed by atoms with E-state index in [4.69, 9.17) is 0 Å². The molecular formula is C13H19N. The number of rotatable bonds is 1. The Balaban J connectivity index is 2.40. The largest absolute Gasteiger partial charge is 0.261 e. The van der Waals surface area contributed by atoms with Gasteiger partial charge in [-0.1, -0.05) is 26.8 Å². The van der Waals surface area contributed by atoms with Gasteiger partial charge in [-0.3, -0.25) is 4.98 Å². The summed E-state index contributed by atoms with van der Waals surface area (Å²) >= 11 is 0. The molecule has 0 aromatic carbocycles. The molecule has 14 heavy (non-hydrogen) atoms. The Morgan fingerprint density at radius 2 is 1.93 bits per heavy atom. The maximum absolute atomic E-state index is 4.51. The summed E-state index contributed by atoms with van der Waals surface area (Å²) in [6, 6.07) is 2.36. The Morgan fingerprint density at radius 1 is 1.29 bits per heavy atom. The highest BCUT2D eigenvalue weighted by Crippen LogP contribution is 2.42. The quantitative estimate of drug-likeness (QED) is 0.658. The second kappa shape index (κ2) is 3.08. The fourth-order valence-corrected chi connectivity index (χ4v) is 1.77. The lowest BCUT2D eigenvalue weighted by Crippen LogP contribution is -2.12. The zero-order valence-electron chi connectivity index (χ0n) is 9.59. The van der Waals surface area contributed by atoms with Crippen LogP contribution in [0.4, 0.5) is 0 Å². The van der Waals surface area contributed by atoms with E-state index in [2.05, 4.69) is 38.7 Å². The van der Waals surface area contributed by atoms with E-state index in [0.29, 0.717) is 0 Å². The fraction of sp³-hybridized carbons (Fsp3) is 0.615. The summed E-state index contributed by atoms with van der Waals surface area (Å²) in [5.74, 6) is 0.810.